The molecule has 0 spiro atoms. The molecule has 2 rings (SSSR count). The van der Waals surface area contributed by atoms with Crippen molar-refractivity contribution in [3.8, 4) is 6.07 Å². The van der Waals surface area contributed by atoms with E-state index in [1.807, 2.05) is 0 Å². The van der Waals surface area contributed by atoms with Gasteiger partial charge >= 0.3 is 0 Å². The molecule has 1 saturated carbocycles. The molecule has 1 atom stereocenters. The van der Waals surface area contributed by atoms with Crippen LogP contribution in [0.5, 0.6) is 0 Å². The van der Waals surface area contributed by atoms with Crippen LogP contribution >= 0.6 is 0 Å². The highest BCUT2D eigenvalue weighted by Crippen LogP contribution is 2.35. The number of piperidine rings is 1. The maximum atomic E-state index is 9.00. The van der Waals surface area contributed by atoms with Gasteiger partial charge in [-0.3, -0.25) is 4.90 Å². The summed E-state index contributed by atoms with van der Waals surface area (Å²) in [5.41, 5.74) is 0. The fourth-order valence-corrected chi connectivity index (χ4v) is 2.09. The summed E-state index contributed by atoms with van der Waals surface area (Å²) in [6.07, 6.45) is 6.53. The number of hydrogen-bond acceptors (Lipinski definition) is 2. The van der Waals surface area contributed by atoms with Crippen LogP contribution in [-0.4, -0.2) is 24.0 Å². The molecule has 0 radical (unpaired) electrons. The Morgan fingerprint density at radius 2 is 1.83 bits per heavy atom. The van der Waals surface area contributed by atoms with Crippen molar-refractivity contribution in [2.75, 3.05) is 13.1 Å². The van der Waals surface area contributed by atoms with E-state index in [0.717, 1.165) is 13.1 Å². The van der Waals surface area contributed by atoms with Crippen LogP contribution in [0.3, 0.4) is 0 Å². The number of nitrogens with zero attached hydrogens (tertiary/aromatic N) is 2. The molecule has 0 N–H and O–H groups in total. The molecule has 1 aliphatic heterocycles. The Labute approximate surface area is 74.2 Å². The van der Waals surface area contributed by atoms with Gasteiger partial charge in [-0.25, -0.2) is 0 Å². The first kappa shape index (κ1) is 8.07. The summed E-state index contributed by atoms with van der Waals surface area (Å²) < 4.78 is 0. The maximum Gasteiger partial charge on any atom is 0.101 e. The van der Waals surface area contributed by atoms with Gasteiger partial charge in [0.2, 0.25) is 0 Å². The number of nitriles is 1. The van der Waals surface area contributed by atoms with Crippen molar-refractivity contribution in [2.24, 2.45) is 5.92 Å². The Hall–Kier alpha value is -0.550. The Morgan fingerprint density at radius 1 is 1.17 bits per heavy atom. The topological polar surface area (TPSA) is 27.0 Å². The fraction of sp³-hybridized carbons (Fsp3) is 0.900. The van der Waals surface area contributed by atoms with E-state index < -0.39 is 0 Å². The molecule has 0 aromatic heterocycles. The van der Waals surface area contributed by atoms with Gasteiger partial charge in [0.15, 0.2) is 0 Å². The van der Waals surface area contributed by atoms with Crippen LogP contribution in [0.4, 0.5) is 0 Å². The second-order valence-corrected chi connectivity index (χ2v) is 4.01. The van der Waals surface area contributed by atoms with Gasteiger partial charge in [0, 0.05) is 0 Å². The lowest BCUT2D eigenvalue weighted by atomic mass is 10.1. The minimum absolute atomic E-state index is 0.255. The van der Waals surface area contributed by atoms with Crippen LogP contribution in [0.15, 0.2) is 0 Å². The zero-order valence-electron chi connectivity index (χ0n) is 7.50. The van der Waals surface area contributed by atoms with Gasteiger partial charge in [-0.05, 0) is 44.7 Å². The van der Waals surface area contributed by atoms with Gasteiger partial charge in [0.1, 0.15) is 6.04 Å². The van der Waals surface area contributed by atoms with Crippen molar-refractivity contribution in [3.05, 3.63) is 0 Å². The predicted octanol–water partition coefficient (Wildman–Crippen LogP) is 1.77. The van der Waals surface area contributed by atoms with Crippen LogP contribution in [0.25, 0.3) is 0 Å². The van der Waals surface area contributed by atoms with Crippen LogP contribution in [0.2, 0.25) is 0 Å². The van der Waals surface area contributed by atoms with E-state index in [4.69, 9.17) is 5.26 Å². The molecule has 2 heteroatoms. The Bertz CT molecular complexity index is 185. The molecule has 1 unspecified atom stereocenters. The van der Waals surface area contributed by atoms with Gasteiger partial charge in [-0.1, -0.05) is 6.42 Å². The third-order valence-corrected chi connectivity index (χ3v) is 2.98. The standard InChI is InChI=1S/C10H16N2/c11-8-10(9-4-5-9)12-6-2-1-3-7-12/h9-10H,1-7H2. The van der Waals surface area contributed by atoms with Gasteiger partial charge in [-0.2, -0.15) is 5.26 Å². The lowest BCUT2D eigenvalue weighted by Gasteiger charge is -2.30. The molecule has 0 amide bonds. The van der Waals surface area contributed by atoms with E-state index in [9.17, 15) is 0 Å². The normalized spacial score (nSPS) is 27.9. The maximum absolute atomic E-state index is 9.00. The summed E-state index contributed by atoms with van der Waals surface area (Å²) in [5, 5.41) is 9.00. The molecule has 1 saturated heterocycles. The Kier molecular flexibility index (Phi) is 2.32. The summed E-state index contributed by atoms with van der Waals surface area (Å²) in [4.78, 5) is 2.39. The fourth-order valence-electron chi connectivity index (χ4n) is 2.09. The van der Waals surface area contributed by atoms with Gasteiger partial charge in [0.05, 0.1) is 6.07 Å². The van der Waals surface area contributed by atoms with Crippen molar-refractivity contribution in [1.82, 2.24) is 4.90 Å². The van der Waals surface area contributed by atoms with Crippen LogP contribution in [0.1, 0.15) is 32.1 Å². The molecule has 0 aromatic rings. The number of rotatable bonds is 2. The smallest absolute Gasteiger partial charge is 0.101 e. The summed E-state index contributed by atoms with van der Waals surface area (Å²) in [6, 6.07) is 2.71. The zero-order chi connectivity index (χ0) is 8.39. The highest BCUT2D eigenvalue weighted by Gasteiger charge is 2.35. The molecule has 2 aliphatic rings. The minimum Gasteiger partial charge on any atom is -0.288 e. The van der Waals surface area contributed by atoms with Crippen LogP contribution < -0.4 is 0 Å². The molecule has 2 nitrogen and oxygen atoms in total. The van der Waals surface area contributed by atoms with Crippen molar-refractivity contribution in [2.45, 2.75) is 38.1 Å². The third kappa shape index (κ3) is 1.61. The second kappa shape index (κ2) is 3.45. The molecule has 1 aliphatic carbocycles. The Morgan fingerprint density at radius 3 is 2.33 bits per heavy atom. The van der Waals surface area contributed by atoms with Crippen molar-refractivity contribution < 1.29 is 0 Å². The molecule has 2 fully saturated rings. The molecular formula is C10H16N2. The summed E-state index contributed by atoms with van der Waals surface area (Å²) in [7, 11) is 0. The number of hydrogen-bond donors (Lipinski definition) is 0. The summed E-state index contributed by atoms with van der Waals surface area (Å²) >= 11 is 0. The lowest BCUT2D eigenvalue weighted by molar-refractivity contribution is 0.180. The molecule has 66 valence electrons. The van der Waals surface area contributed by atoms with E-state index in [1.165, 1.54) is 32.1 Å². The average molecular weight is 164 g/mol. The first-order valence-electron chi connectivity index (χ1n) is 5.05. The molecule has 0 aromatic carbocycles. The average Bonchev–Trinajstić information content (AvgIpc) is 2.92. The van der Waals surface area contributed by atoms with Crippen LogP contribution in [0, 0.1) is 17.2 Å². The number of likely N-dealkylation sites (tertiary alicyclic amines) is 1. The SMILES string of the molecule is N#CC(C1CC1)N1CCCCC1. The van der Waals surface area contributed by atoms with E-state index in [0.29, 0.717) is 5.92 Å². The monoisotopic (exact) mass is 164 g/mol. The van der Waals surface area contributed by atoms with Gasteiger partial charge < -0.3 is 0 Å². The Balaban J connectivity index is 1.91. The molecule has 12 heavy (non-hydrogen) atoms. The van der Waals surface area contributed by atoms with E-state index in [-0.39, 0.29) is 6.04 Å². The van der Waals surface area contributed by atoms with Crippen LogP contribution in [-0.2, 0) is 0 Å². The predicted molar refractivity (Wildman–Crippen MR) is 47.5 cm³/mol. The first-order chi connectivity index (χ1) is 5.92. The third-order valence-electron chi connectivity index (χ3n) is 2.98. The summed E-state index contributed by atoms with van der Waals surface area (Å²) in [6.45, 7) is 2.32. The van der Waals surface area contributed by atoms with Crippen molar-refractivity contribution in [3.63, 3.8) is 0 Å². The van der Waals surface area contributed by atoms with Gasteiger partial charge in [0.25, 0.3) is 0 Å². The second-order valence-electron chi connectivity index (χ2n) is 4.01. The zero-order valence-corrected chi connectivity index (χ0v) is 7.50. The van der Waals surface area contributed by atoms with E-state index in [1.54, 1.807) is 0 Å². The quantitative estimate of drug-likeness (QED) is 0.622. The highest BCUT2D eigenvalue weighted by atomic mass is 15.2. The summed E-state index contributed by atoms with van der Waals surface area (Å²) in [5.74, 6) is 0.716. The van der Waals surface area contributed by atoms with Gasteiger partial charge in [-0.15, -0.1) is 0 Å². The van der Waals surface area contributed by atoms with Crippen molar-refractivity contribution >= 4 is 0 Å². The van der Waals surface area contributed by atoms with E-state index in [2.05, 4.69) is 11.0 Å². The highest BCUT2D eigenvalue weighted by molar-refractivity contribution is 5.02. The molecule has 1 heterocycles. The van der Waals surface area contributed by atoms with E-state index >= 15 is 0 Å². The molecule has 0 bridgehead atoms. The minimum atomic E-state index is 0.255. The van der Waals surface area contributed by atoms with Crippen molar-refractivity contribution in [1.29, 1.82) is 5.26 Å². The molecular weight excluding hydrogens is 148 g/mol. The lowest BCUT2D eigenvalue weighted by Crippen LogP contribution is -2.39. The largest absolute Gasteiger partial charge is 0.288 e. The first-order valence-corrected chi connectivity index (χ1v) is 5.05.